The average molecular weight is 284 g/mol. The molecule has 0 fully saturated rings. The van der Waals surface area contributed by atoms with Crippen molar-refractivity contribution in [3.05, 3.63) is 52.8 Å². The summed E-state index contributed by atoms with van der Waals surface area (Å²) in [4.78, 5) is 12.2. The van der Waals surface area contributed by atoms with Crippen LogP contribution in [0.5, 0.6) is 0 Å². The number of hydrogen-bond donors (Lipinski definition) is 2. The molecule has 5 nitrogen and oxygen atoms in total. The molecular formula is C16H20N4O. The Bertz CT molecular complexity index is 633. The van der Waals surface area contributed by atoms with Gasteiger partial charge in [-0.25, -0.2) is 0 Å². The number of nitrogens with zero attached hydrogens (tertiary/aromatic N) is 2. The lowest BCUT2D eigenvalue weighted by Crippen LogP contribution is -2.28. The van der Waals surface area contributed by atoms with Crippen molar-refractivity contribution in [2.24, 2.45) is 0 Å². The smallest absolute Gasteiger partial charge is 0.272 e. The second-order valence-electron chi connectivity index (χ2n) is 5.20. The molecule has 0 saturated carbocycles. The third-order valence-corrected chi connectivity index (χ3v) is 3.73. The van der Waals surface area contributed by atoms with Crippen LogP contribution in [0.3, 0.4) is 0 Å². The number of hydrogen-bond acceptors (Lipinski definition) is 3. The van der Waals surface area contributed by atoms with Crippen LogP contribution < -0.4 is 10.6 Å². The molecule has 1 aliphatic heterocycles. The Balaban J connectivity index is 1.95. The standard InChI is InChI=1S/C16H20N4O/c1-2-18-16(21)15-13-10-17-9-8-14(13)20(19-15)11-12-6-4-3-5-7-12/h3-7,17H,2,8-11H2,1H3,(H,18,21). The van der Waals surface area contributed by atoms with Crippen molar-refractivity contribution in [2.45, 2.75) is 26.4 Å². The zero-order chi connectivity index (χ0) is 14.7. The van der Waals surface area contributed by atoms with E-state index in [9.17, 15) is 4.79 Å². The Kier molecular flexibility index (Phi) is 4.01. The largest absolute Gasteiger partial charge is 0.351 e. The number of carbonyl (C=O) groups is 1. The lowest BCUT2D eigenvalue weighted by molar-refractivity contribution is 0.0949. The highest BCUT2D eigenvalue weighted by molar-refractivity contribution is 5.94. The molecule has 1 aliphatic rings. The van der Waals surface area contributed by atoms with Crippen molar-refractivity contribution in [1.29, 1.82) is 0 Å². The van der Waals surface area contributed by atoms with Crippen LogP contribution in [0.25, 0.3) is 0 Å². The van der Waals surface area contributed by atoms with Crippen molar-refractivity contribution in [1.82, 2.24) is 20.4 Å². The van der Waals surface area contributed by atoms with Crippen LogP contribution in [-0.4, -0.2) is 28.8 Å². The molecule has 21 heavy (non-hydrogen) atoms. The van der Waals surface area contributed by atoms with E-state index in [4.69, 9.17) is 0 Å². The maximum atomic E-state index is 12.2. The third-order valence-electron chi connectivity index (χ3n) is 3.73. The molecule has 2 N–H and O–H groups in total. The molecule has 2 heterocycles. The maximum Gasteiger partial charge on any atom is 0.272 e. The Hall–Kier alpha value is -2.14. The molecule has 0 atom stereocenters. The highest BCUT2D eigenvalue weighted by Crippen LogP contribution is 2.19. The highest BCUT2D eigenvalue weighted by Gasteiger charge is 2.24. The molecule has 0 radical (unpaired) electrons. The summed E-state index contributed by atoms with van der Waals surface area (Å²) in [7, 11) is 0. The number of nitrogens with one attached hydrogen (secondary N) is 2. The van der Waals surface area contributed by atoms with Crippen molar-refractivity contribution < 1.29 is 4.79 Å². The van der Waals surface area contributed by atoms with E-state index in [1.54, 1.807) is 0 Å². The molecule has 5 heteroatoms. The van der Waals surface area contributed by atoms with Crippen LogP contribution in [0.2, 0.25) is 0 Å². The van der Waals surface area contributed by atoms with Crippen LogP contribution in [0.4, 0.5) is 0 Å². The van der Waals surface area contributed by atoms with Gasteiger partial charge in [0.25, 0.3) is 5.91 Å². The van der Waals surface area contributed by atoms with Gasteiger partial charge < -0.3 is 10.6 Å². The first kappa shape index (κ1) is 13.8. The fourth-order valence-corrected chi connectivity index (χ4v) is 2.73. The molecule has 3 rings (SSSR count). The first-order chi connectivity index (χ1) is 10.3. The SMILES string of the molecule is CCNC(=O)c1nn(Cc2ccccc2)c2c1CNCC2. The fourth-order valence-electron chi connectivity index (χ4n) is 2.73. The van der Waals surface area contributed by atoms with Gasteiger partial charge in [0.15, 0.2) is 5.69 Å². The number of aromatic nitrogens is 2. The van der Waals surface area contributed by atoms with Crippen LogP contribution in [0.1, 0.15) is 34.2 Å². The second kappa shape index (κ2) is 6.10. The summed E-state index contributed by atoms with van der Waals surface area (Å²) in [5, 5.41) is 10.7. The topological polar surface area (TPSA) is 59.0 Å². The number of rotatable bonds is 4. The Morgan fingerprint density at radius 1 is 1.38 bits per heavy atom. The van der Waals surface area contributed by atoms with E-state index in [-0.39, 0.29) is 5.91 Å². The summed E-state index contributed by atoms with van der Waals surface area (Å²) in [6.07, 6.45) is 0.911. The predicted octanol–water partition coefficient (Wildman–Crippen LogP) is 1.33. The average Bonchev–Trinajstić information content (AvgIpc) is 2.88. The van der Waals surface area contributed by atoms with Crippen molar-refractivity contribution in [3.63, 3.8) is 0 Å². The van der Waals surface area contributed by atoms with Crippen LogP contribution in [0.15, 0.2) is 30.3 Å². The van der Waals surface area contributed by atoms with Crippen LogP contribution >= 0.6 is 0 Å². The van der Waals surface area contributed by atoms with E-state index in [0.29, 0.717) is 18.8 Å². The van der Waals surface area contributed by atoms with Gasteiger partial charge in [-0.15, -0.1) is 0 Å². The summed E-state index contributed by atoms with van der Waals surface area (Å²) < 4.78 is 1.98. The molecule has 1 aromatic heterocycles. The van der Waals surface area contributed by atoms with Gasteiger partial charge in [-0.05, 0) is 12.5 Å². The molecule has 0 spiro atoms. The van der Waals surface area contributed by atoms with Crippen molar-refractivity contribution >= 4 is 5.91 Å². The molecule has 110 valence electrons. The molecular weight excluding hydrogens is 264 g/mol. The predicted molar refractivity (Wildman–Crippen MR) is 81.2 cm³/mol. The zero-order valence-corrected chi connectivity index (χ0v) is 12.2. The van der Waals surface area contributed by atoms with Gasteiger partial charge in [-0.2, -0.15) is 5.10 Å². The first-order valence-corrected chi connectivity index (χ1v) is 7.41. The molecule has 0 saturated heterocycles. The van der Waals surface area contributed by atoms with E-state index in [0.717, 1.165) is 25.1 Å². The van der Waals surface area contributed by atoms with E-state index in [1.807, 2.05) is 29.8 Å². The fraction of sp³-hybridized carbons (Fsp3) is 0.375. The van der Waals surface area contributed by atoms with Gasteiger partial charge in [0.05, 0.1) is 6.54 Å². The number of benzene rings is 1. The summed E-state index contributed by atoms with van der Waals surface area (Å²) in [5.74, 6) is -0.0794. The Morgan fingerprint density at radius 3 is 2.95 bits per heavy atom. The molecule has 1 amide bonds. The normalized spacial score (nSPS) is 13.8. The maximum absolute atomic E-state index is 12.2. The molecule has 2 aromatic rings. The van der Waals surface area contributed by atoms with E-state index in [2.05, 4.69) is 27.9 Å². The van der Waals surface area contributed by atoms with Gasteiger partial charge in [-0.1, -0.05) is 30.3 Å². The lowest BCUT2D eigenvalue weighted by Gasteiger charge is -2.15. The number of fused-ring (bicyclic) bond motifs is 1. The van der Waals surface area contributed by atoms with Gasteiger partial charge in [0, 0.05) is 37.3 Å². The molecule has 0 unspecified atom stereocenters. The first-order valence-electron chi connectivity index (χ1n) is 7.41. The van der Waals surface area contributed by atoms with Gasteiger partial charge in [0.1, 0.15) is 0 Å². The van der Waals surface area contributed by atoms with Crippen molar-refractivity contribution in [2.75, 3.05) is 13.1 Å². The second-order valence-corrected chi connectivity index (χ2v) is 5.20. The molecule has 0 bridgehead atoms. The van der Waals surface area contributed by atoms with Gasteiger partial charge in [0.2, 0.25) is 0 Å². The molecule has 1 aromatic carbocycles. The summed E-state index contributed by atoms with van der Waals surface area (Å²) in [6, 6.07) is 10.2. The highest BCUT2D eigenvalue weighted by atomic mass is 16.1. The zero-order valence-electron chi connectivity index (χ0n) is 12.2. The minimum atomic E-state index is -0.0794. The van der Waals surface area contributed by atoms with Gasteiger partial charge >= 0.3 is 0 Å². The summed E-state index contributed by atoms with van der Waals surface area (Å²) >= 11 is 0. The third kappa shape index (κ3) is 2.83. The number of carbonyl (C=O) groups excluding carboxylic acids is 1. The summed E-state index contributed by atoms with van der Waals surface area (Å²) in [5.41, 5.74) is 3.99. The molecule has 0 aliphatic carbocycles. The Labute approximate surface area is 124 Å². The minimum Gasteiger partial charge on any atom is -0.351 e. The van der Waals surface area contributed by atoms with Crippen LogP contribution in [-0.2, 0) is 19.5 Å². The lowest BCUT2D eigenvalue weighted by atomic mass is 10.1. The minimum absolute atomic E-state index is 0.0794. The number of amides is 1. The van der Waals surface area contributed by atoms with E-state index < -0.39 is 0 Å². The summed E-state index contributed by atoms with van der Waals surface area (Å²) in [6.45, 7) is 4.90. The quantitative estimate of drug-likeness (QED) is 0.890. The van der Waals surface area contributed by atoms with Gasteiger partial charge in [-0.3, -0.25) is 9.48 Å². The van der Waals surface area contributed by atoms with Crippen LogP contribution in [0, 0.1) is 0 Å². The Morgan fingerprint density at radius 2 is 2.19 bits per heavy atom. The monoisotopic (exact) mass is 284 g/mol. The van der Waals surface area contributed by atoms with E-state index in [1.165, 1.54) is 11.3 Å². The van der Waals surface area contributed by atoms with E-state index >= 15 is 0 Å². The van der Waals surface area contributed by atoms with Crippen molar-refractivity contribution in [3.8, 4) is 0 Å².